The molecular weight excluding hydrogens is 487 g/mol. The van der Waals surface area contributed by atoms with Gasteiger partial charge in [0.2, 0.25) is 0 Å². The van der Waals surface area contributed by atoms with Gasteiger partial charge in [-0.1, -0.05) is 20.3 Å². The summed E-state index contributed by atoms with van der Waals surface area (Å²) in [5.41, 5.74) is 3.12. The van der Waals surface area contributed by atoms with Gasteiger partial charge < -0.3 is 0 Å². The van der Waals surface area contributed by atoms with Crippen LogP contribution in [0.3, 0.4) is 0 Å². The fraction of sp³-hybridized carbons (Fsp3) is 0.421. The third kappa shape index (κ3) is 9.61. The molecule has 0 nitrogen and oxygen atoms in total. The van der Waals surface area contributed by atoms with Crippen molar-refractivity contribution < 1.29 is 0 Å². The Morgan fingerprint density at radius 1 is 0.718 bits per heavy atom. The second-order valence-electron chi connectivity index (χ2n) is 11.1. The van der Waals surface area contributed by atoms with Gasteiger partial charge in [0.25, 0.3) is 0 Å². The Morgan fingerprint density at radius 2 is 1.31 bits per heavy atom. The summed E-state index contributed by atoms with van der Waals surface area (Å²) in [6.45, 7) is 6.87. The molecule has 1 aliphatic carbocycles. The summed E-state index contributed by atoms with van der Waals surface area (Å²) in [7, 11) is -2.10. The van der Waals surface area contributed by atoms with Gasteiger partial charge in [0.05, 0.1) is 0 Å². The van der Waals surface area contributed by atoms with E-state index < -0.39 is 7.26 Å². The molecule has 0 spiro atoms. The quantitative estimate of drug-likeness (QED) is 0.106. The zero-order chi connectivity index (χ0) is 27.6. The number of allylic oxidation sites excluding steroid dienone is 10. The average molecular weight is 541 g/mol. The number of unbranched alkanes of at least 4 members (excludes halogenated alkanes) is 7. The van der Waals surface area contributed by atoms with Crippen molar-refractivity contribution >= 4 is 17.9 Å². The Hall–Kier alpha value is -2.43. The molecular formula is C38H53P. The molecule has 0 amide bonds. The van der Waals surface area contributed by atoms with Gasteiger partial charge in [-0.05, 0) is 0 Å². The van der Waals surface area contributed by atoms with Gasteiger partial charge in [-0.2, -0.15) is 0 Å². The molecule has 0 bridgehead atoms. The number of benzene rings is 2. The minimum absolute atomic E-state index is 1.03. The molecule has 2 aromatic rings. The van der Waals surface area contributed by atoms with Gasteiger partial charge in [0.15, 0.2) is 0 Å². The summed E-state index contributed by atoms with van der Waals surface area (Å²) in [4.78, 5) is 0. The van der Waals surface area contributed by atoms with Gasteiger partial charge in [0.1, 0.15) is 0 Å². The Balaban J connectivity index is 1.62. The van der Waals surface area contributed by atoms with E-state index in [1.165, 1.54) is 82.4 Å². The van der Waals surface area contributed by atoms with Crippen LogP contribution < -0.4 is 10.6 Å². The van der Waals surface area contributed by atoms with Crippen LogP contribution in [-0.2, 0) is 0 Å². The summed E-state index contributed by atoms with van der Waals surface area (Å²) in [5, 5.41) is 4.63. The van der Waals surface area contributed by atoms with Crippen LogP contribution in [-0.4, -0.2) is 6.16 Å². The normalized spacial score (nSPS) is 14.8. The number of rotatable bonds is 17. The van der Waals surface area contributed by atoms with Crippen molar-refractivity contribution in [3.8, 4) is 0 Å². The average Bonchev–Trinajstić information content (AvgIpc) is 3.28. The van der Waals surface area contributed by atoms with Crippen molar-refractivity contribution in [2.24, 2.45) is 0 Å². The van der Waals surface area contributed by atoms with E-state index in [1.54, 1.807) is 21.5 Å². The Morgan fingerprint density at radius 3 is 1.95 bits per heavy atom. The first-order valence-corrected chi connectivity index (χ1v) is 17.9. The van der Waals surface area contributed by atoms with Gasteiger partial charge in [0, 0.05) is 0 Å². The van der Waals surface area contributed by atoms with E-state index in [9.17, 15) is 0 Å². The van der Waals surface area contributed by atoms with E-state index in [4.69, 9.17) is 0 Å². The van der Waals surface area contributed by atoms with Crippen molar-refractivity contribution in [3.63, 3.8) is 0 Å². The molecule has 0 aliphatic heterocycles. The zero-order valence-corrected chi connectivity index (χ0v) is 26.0. The van der Waals surface area contributed by atoms with Crippen molar-refractivity contribution in [1.29, 1.82) is 0 Å². The van der Waals surface area contributed by atoms with E-state index in [0.717, 1.165) is 6.42 Å². The molecule has 210 valence electrons. The molecule has 39 heavy (non-hydrogen) atoms. The molecule has 1 heteroatoms. The number of hydrogen-bond acceptors (Lipinski definition) is 0. The van der Waals surface area contributed by atoms with E-state index >= 15 is 0 Å². The maximum atomic E-state index is 2.50. The topological polar surface area (TPSA) is 0 Å². The molecule has 0 unspecified atom stereocenters. The van der Waals surface area contributed by atoms with Crippen LogP contribution in [0.1, 0.15) is 97.8 Å². The molecule has 2 aromatic carbocycles. The van der Waals surface area contributed by atoms with Gasteiger partial charge >= 0.3 is 221 Å². The predicted octanol–water partition coefficient (Wildman–Crippen LogP) is 11.0. The predicted molar refractivity (Wildman–Crippen MR) is 180 cm³/mol. The second-order valence-corrected chi connectivity index (χ2v) is 15.2. The zero-order valence-electron chi connectivity index (χ0n) is 25.0. The van der Waals surface area contributed by atoms with E-state index in [-0.39, 0.29) is 0 Å². The summed E-state index contributed by atoms with van der Waals surface area (Å²) in [6.07, 6.45) is 33.2. The van der Waals surface area contributed by atoms with Crippen molar-refractivity contribution in [2.45, 2.75) is 97.8 Å². The third-order valence-corrected chi connectivity index (χ3v) is 13.2. The minimum atomic E-state index is -2.10. The molecule has 0 radical (unpaired) electrons. The fourth-order valence-corrected chi connectivity index (χ4v) is 10.9. The molecule has 0 fully saturated rings. The summed E-state index contributed by atoms with van der Waals surface area (Å²) in [6, 6.07) is 22.8. The SMILES string of the molecule is CCC/C=C(C)\C(=C/CCC)CCCCCCCC[PH](C1=CC=CCC=C1)(c1ccccc1)c1ccccc1. The third-order valence-electron chi connectivity index (χ3n) is 8.18. The Bertz CT molecular complexity index is 1060. The van der Waals surface area contributed by atoms with Crippen LogP contribution in [0.5, 0.6) is 0 Å². The van der Waals surface area contributed by atoms with Crippen LogP contribution >= 0.6 is 7.26 Å². The first kappa shape index (κ1) is 31.1. The molecule has 0 atom stereocenters. The molecule has 0 saturated carbocycles. The number of hydrogen-bond donors (Lipinski definition) is 0. The monoisotopic (exact) mass is 540 g/mol. The van der Waals surface area contributed by atoms with E-state index in [1.807, 2.05) is 0 Å². The standard InChI is InChI=1S/C38H53P/c1-4-6-24-34(3)35(25-7-5-2)26-16-10-8-9-13-23-33-39(37-29-19-14-20-30-37,38-31-21-15-22-32-38)36-27-17-11-12-18-28-36/h11,14-15,17-22,24-25,27-32,39H,4-10,12-13,16,23,26,33H2,1-3H3/b34-24-,35-25-. The van der Waals surface area contributed by atoms with Gasteiger partial charge in [-0.25, -0.2) is 0 Å². The Kier molecular flexibility index (Phi) is 14.4. The Labute approximate surface area is 241 Å². The van der Waals surface area contributed by atoms with E-state index in [2.05, 4.69) is 124 Å². The second kappa shape index (κ2) is 18.0. The molecule has 0 N–H and O–H groups in total. The van der Waals surface area contributed by atoms with Gasteiger partial charge in [-0.3, -0.25) is 0 Å². The van der Waals surface area contributed by atoms with Crippen LogP contribution in [0, 0.1) is 0 Å². The van der Waals surface area contributed by atoms with Crippen molar-refractivity contribution in [2.75, 3.05) is 6.16 Å². The summed E-state index contributed by atoms with van der Waals surface area (Å²) < 4.78 is 0. The van der Waals surface area contributed by atoms with Crippen molar-refractivity contribution in [3.05, 3.63) is 120 Å². The first-order valence-electron chi connectivity index (χ1n) is 15.7. The van der Waals surface area contributed by atoms with Crippen LogP contribution in [0.25, 0.3) is 0 Å². The molecule has 3 rings (SSSR count). The molecule has 0 aromatic heterocycles. The first-order chi connectivity index (χ1) is 19.2. The molecule has 1 aliphatic rings. The van der Waals surface area contributed by atoms with Crippen LogP contribution in [0.4, 0.5) is 0 Å². The molecule has 0 saturated heterocycles. The van der Waals surface area contributed by atoms with Crippen LogP contribution in [0.2, 0.25) is 0 Å². The summed E-state index contributed by atoms with van der Waals surface area (Å²) >= 11 is 0. The summed E-state index contributed by atoms with van der Waals surface area (Å²) in [5.74, 6) is 0. The van der Waals surface area contributed by atoms with E-state index in [0.29, 0.717) is 0 Å². The van der Waals surface area contributed by atoms with Gasteiger partial charge in [-0.15, -0.1) is 0 Å². The molecule has 0 heterocycles. The fourth-order valence-electron chi connectivity index (χ4n) is 5.93. The van der Waals surface area contributed by atoms with Crippen molar-refractivity contribution in [1.82, 2.24) is 0 Å². The maximum absolute atomic E-state index is 2.50. The van der Waals surface area contributed by atoms with Crippen LogP contribution in [0.15, 0.2) is 120 Å².